The summed E-state index contributed by atoms with van der Waals surface area (Å²) in [6, 6.07) is 0. The molecule has 0 radical (unpaired) electrons. The minimum atomic E-state index is 0.253. The van der Waals surface area contributed by atoms with E-state index in [9.17, 15) is 4.79 Å². The monoisotopic (exact) mass is 154 g/mol. The molecule has 2 heteroatoms. The van der Waals surface area contributed by atoms with E-state index in [1.54, 1.807) is 0 Å². The fourth-order valence-corrected chi connectivity index (χ4v) is 1.43. The Labute approximate surface area is 67.2 Å². The highest BCUT2D eigenvalue weighted by atomic mass is 16.5. The fraction of sp³-hybridized carbons (Fsp3) is 0.667. The number of ether oxygens (including phenoxy) is 1. The van der Waals surface area contributed by atoms with Crippen molar-refractivity contribution in [1.29, 1.82) is 0 Å². The van der Waals surface area contributed by atoms with Gasteiger partial charge in [0.1, 0.15) is 0 Å². The number of carbonyl (C=O) groups is 1. The second-order valence-electron chi connectivity index (χ2n) is 3.15. The molecule has 0 amide bonds. The molecule has 1 aliphatic rings. The fourth-order valence-electron chi connectivity index (χ4n) is 1.43. The van der Waals surface area contributed by atoms with Gasteiger partial charge in [0.25, 0.3) is 0 Å². The van der Waals surface area contributed by atoms with Crippen LogP contribution in [0, 0.1) is 5.92 Å². The third-order valence-electron chi connectivity index (χ3n) is 1.90. The molecular formula is C9H14O2. The van der Waals surface area contributed by atoms with Crippen molar-refractivity contribution in [1.82, 2.24) is 0 Å². The van der Waals surface area contributed by atoms with Crippen molar-refractivity contribution >= 4 is 5.78 Å². The molecule has 0 spiro atoms. The predicted molar refractivity (Wildman–Crippen MR) is 43.1 cm³/mol. The van der Waals surface area contributed by atoms with Crippen molar-refractivity contribution in [2.45, 2.75) is 27.2 Å². The lowest BCUT2D eigenvalue weighted by atomic mass is 9.95. The molecule has 0 saturated carbocycles. The van der Waals surface area contributed by atoms with Crippen LogP contribution < -0.4 is 0 Å². The molecule has 0 aromatic rings. The molecule has 62 valence electrons. The van der Waals surface area contributed by atoms with Crippen LogP contribution in [0.15, 0.2) is 11.3 Å². The normalized spacial score (nSPS) is 19.1. The number of rotatable bonds is 1. The number of allylic oxidation sites excluding steroid dienone is 2. The van der Waals surface area contributed by atoms with Gasteiger partial charge in [-0.1, -0.05) is 13.8 Å². The van der Waals surface area contributed by atoms with Crippen molar-refractivity contribution in [2.24, 2.45) is 5.92 Å². The molecule has 1 aliphatic heterocycles. The van der Waals surface area contributed by atoms with Gasteiger partial charge in [-0.25, -0.2) is 0 Å². The summed E-state index contributed by atoms with van der Waals surface area (Å²) in [5.41, 5.74) is 0.872. The molecule has 0 unspecified atom stereocenters. The van der Waals surface area contributed by atoms with Gasteiger partial charge in [-0.3, -0.25) is 4.79 Å². The minimum absolute atomic E-state index is 0.253. The average molecular weight is 154 g/mol. The van der Waals surface area contributed by atoms with Crippen LogP contribution in [0.5, 0.6) is 0 Å². The van der Waals surface area contributed by atoms with Crippen molar-refractivity contribution in [3.05, 3.63) is 11.3 Å². The number of hydrogen-bond acceptors (Lipinski definition) is 2. The highest BCUT2D eigenvalue weighted by molar-refractivity contribution is 5.96. The molecule has 0 fully saturated rings. The summed E-state index contributed by atoms with van der Waals surface area (Å²) in [4.78, 5) is 11.3. The summed E-state index contributed by atoms with van der Waals surface area (Å²) in [6.07, 6.45) is 0.546. The zero-order valence-electron chi connectivity index (χ0n) is 7.31. The standard InChI is InChI=1S/C9H14O2/c1-6(2)9-7(3)11-5-4-8(9)10/h6H,4-5H2,1-3H3. The Morgan fingerprint density at radius 1 is 1.45 bits per heavy atom. The Balaban J connectivity index is 2.91. The van der Waals surface area contributed by atoms with E-state index >= 15 is 0 Å². The van der Waals surface area contributed by atoms with E-state index in [-0.39, 0.29) is 5.78 Å². The summed E-state index contributed by atoms with van der Waals surface area (Å²) in [5, 5.41) is 0. The van der Waals surface area contributed by atoms with Crippen LogP contribution >= 0.6 is 0 Å². The predicted octanol–water partition coefficient (Wildman–Crippen LogP) is 1.91. The molecule has 11 heavy (non-hydrogen) atoms. The average Bonchev–Trinajstić information content (AvgIpc) is 1.85. The van der Waals surface area contributed by atoms with E-state index in [1.807, 2.05) is 20.8 Å². The maximum absolute atomic E-state index is 11.3. The zero-order chi connectivity index (χ0) is 8.43. The van der Waals surface area contributed by atoms with Gasteiger partial charge >= 0.3 is 0 Å². The Kier molecular flexibility index (Phi) is 2.32. The lowest BCUT2D eigenvalue weighted by molar-refractivity contribution is -0.118. The molecule has 1 rings (SSSR count). The molecule has 0 aromatic carbocycles. The van der Waals surface area contributed by atoms with Gasteiger partial charge in [0.05, 0.1) is 12.4 Å². The minimum Gasteiger partial charge on any atom is -0.497 e. The molecule has 2 nitrogen and oxygen atoms in total. The van der Waals surface area contributed by atoms with Crippen LogP contribution in [0.2, 0.25) is 0 Å². The summed E-state index contributed by atoms with van der Waals surface area (Å²) in [5.74, 6) is 1.36. The highest BCUT2D eigenvalue weighted by Crippen LogP contribution is 2.22. The van der Waals surface area contributed by atoms with E-state index < -0.39 is 0 Å². The van der Waals surface area contributed by atoms with Crippen molar-refractivity contribution < 1.29 is 9.53 Å². The van der Waals surface area contributed by atoms with Gasteiger partial charge in [0.15, 0.2) is 5.78 Å². The van der Waals surface area contributed by atoms with Crippen LogP contribution in [0.25, 0.3) is 0 Å². The van der Waals surface area contributed by atoms with E-state index in [4.69, 9.17) is 4.74 Å². The maximum Gasteiger partial charge on any atom is 0.165 e. The number of ketones is 1. The van der Waals surface area contributed by atoms with Crippen LogP contribution in [0.4, 0.5) is 0 Å². The van der Waals surface area contributed by atoms with Gasteiger partial charge in [0, 0.05) is 12.0 Å². The highest BCUT2D eigenvalue weighted by Gasteiger charge is 2.21. The molecule has 0 bridgehead atoms. The third-order valence-corrected chi connectivity index (χ3v) is 1.90. The van der Waals surface area contributed by atoms with E-state index in [2.05, 4.69) is 0 Å². The van der Waals surface area contributed by atoms with Gasteiger partial charge in [-0.15, -0.1) is 0 Å². The third kappa shape index (κ3) is 1.62. The lowest BCUT2D eigenvalue weighted by Gasteiger charge is -2.19. The quantitative estimate of drug-likeness (QED) is 0.576. The molecule has 0 aliphatic carbocycles. The Morgan fingerprint density at radius 2 is 2.09 bits per heavy atom. The molecule has 0 atom stereocenters. The maximum atomic E-state index is 11.3. The summed E-state index contributed by atoms with van der Waals surface area (Å²) in [7, 11) is 0. The van der Waals surface area contributed by atoms with E-state index in [0.29, 0.717) is 18.9 Å². The molecule has 0 saturated heterocycles. The van der Waals surface area contributed by atoms with E-state index in [0.717, 1.165) is 11.3 Å². The van der Waals surface area contributed by atoms with Crippen molar-refractivity contribution in [3.8, 4) is 0 Å². The van der Waals surface area contributed by atoms with Gasteiger partial charge in [0.2, 0.25) is 0 Å². The summed E-state index contributed by atoms with van der Waals surface area (Å²) >= 11 is 0. The summed E-state index contributed by atoms with van der Waals surface area (Å²) in [6.45, 7) is 6.46. The molecule has 0 N–H and O–H groups in total. The Hall–Kier alpha value is -0.790. The summed E-state index contributed by atoms with van der Waals surface area (Å²) < 4.78 is 5.28. The largest absolute Gasteiger partial charge is 0.497 e. The zero-order valence-corrected chi connectivity index (χ0v) is 7.31. The SMILES string of the molecule is CC1=C(C(C)C)C(=O)CCO1. The van der Waals surface area contributed by atoms with Gasteiger partial charge in [-0.05, 0) is 12.8 Å². The topological polar surface area (TPSA) is 26.3 Å². The van der Waals surface area contributed by atoms with Gasteiger partial charge in [-0.2, -0.15) is 0 Å². The first-order chi connectivity index (χ1) is 5.13. The first-order valence-electron chi connectivity index (χ1n) is 3.99. The van der Waals surface area contributed by atoms with Crippen molar-refractivity contribution in [3.63, 3.8) is 0 Å². The Morgan fingerprint density at radius 3 is 2.45 bits per heavy atom. The van der Waals surface area contributed by atoms with Crippen LogP contribution in [-0.4, -0.2) is 12.4 Å². The second-order valence-corrected chi connectivity index (χ2v) is 3.15. The lowest BCUT2D eigenvalue weighted by Crippen LogP contribution is -2.19. The smallest absolute Gasteiger partial charge is 0.165 e. The molecule has 0 aromatic heterocycles. The first kappa shape index (κ1) is 8.31. The van der Waals surface area contributed by atoms with Crippen LogP contribution in [-0.2, 0) is 9.53 Å². The molecule has 1 heterocycles. The van der Waals surface area contributed by atoms with E-state index in [1.165, 1.54) is 0 Å². The van der Waals surface area contributed by atoms with Crippen LogP contribution in [0.3, 0.4) is 0 Å². The van der Waals surface area contributed by atoms with Crippen molar-refractivity contribution in [2.75, 3.05) is 6.61 Å². The second kappa shape index (κ2) is 3.07. The van der Waals surface area contributed by atoms with Crippen LogP contribution in [0.1, 0.15) is 27.2 Å². The number of hydrogen-bond donors (Lipinski definition) is 0. The number of carbonyl (C=O) groups excluding carboxylic acids is 1. The number of Topliss-reactive ketones (excluding diaryl/α,β-unsaturated/α-hetero) is 1. The molecular weight excluding hydrogens is 140 g/mol. The van der Waals surface area contributed by atoms with Gasteiger partial charge < -0.3 is 4.74 Å². The Bertz CT molecular complexity index is 202. The first-order valence-corrected chi connectivity index (χ1v) is 3.99.